The highest BCUT2D eigenvalue weighted by Gasteiger charge is 2.39. The third kappa shape index (κ3) is 4.80. The molecular weight excluding hydrogens is 328 g/mol. The van der Waals surface area contributed by atoms with Gasteiger partial charge >= 0.3 is 12.1 Å². The van der Waals surface area contributed by atoms with Crippen molar-refractivity contribution < 1.29 is 27.2 Å². The molecule has 2 N–H and O–H groups in total. The molecule has 0 aliphatic carbocycles. The summed E-state index contributed by atoms with van der Waals surface area (Å²) in [6.07, 6.45) is -5.21. The predicted molar refractivity (Wildman–Crippen MR) is 79.9 cm³/mol. The van der Waals surface area contributed by atoms with E-state index in [1.165, 1.54) is 42.5 Å². The Morgan fingerprint density at radius 1 is 0.917 bits per heavy atom. The third-order valence-electron chi connectivity index (χ3n) is 2.96. The lowest BCUT2D eigenvalue weighted by molar-refractivity contribution is -0.167. The van der Waals surface area contributed by atoms with Gasteiger partial charge in [-0.25, -0.2) is 4.39 Å². The molecule has 8 heteroatoms. The van der Waals surface area contributed by atoms with Gasteiger partial charge in [0.05, 0.1) is 17.8 Å². The maximum atomic E-state index is 13.1. The fourth-order valence-corrected chi connectivity index (χ4v) is 1.92. The van der Waals surface area contributed by atoms with Crippen LogP contribution in [0.1, 0.15) is 5.56 Å². The molecule has 2 aromatic rings. The minimum Gasteiger partial charge on any atom is -0.324 e. The summed E-state index contributed by atoms with van der Waals surface area (Å²) in [5, 5.41) is 4.08. The number of hydrogen-bond donors (Lipinski definition) is 2. The molecule has 126 valence electrons. The zero-order valence-corrected chi connectivity index (χ0v) is 12.2. The molecule has 0 bridgehead atoms. The number of rotatable bonds is 4. The van der Waals surface area contributed by atoms with Crippen LogP contribution < -0.4 is 10.6 Å². The Morgan fingerprint density at radius 3 is 2.12 bits per heavy atom. The number of carbonyl (C=O) groups excluding carboxylic acids is 2. The Hall–Kier alpha value is -2.90. The van der Waals surface area contributed by atoms with Crippen molar-refractivity contribution in [2.75, 3.05) is 10.6 Å². The average molecular weight is 340 g/mol. The lowest BCUT2D eigenvalue weighted by Crippen LogP contribution is -2.30. The second-order valence-corrected chi connectivity index (χ2v) is 4.85. The van der Waals surface area contributed by atoms with Gasteiger partial charge in [-0.2, -0.15) is 13.2 Å². The lowest BCUT2D eigenvalue weighted by Gasteiger charge is -2.13. The van der Waals surface area contributed by atoms with Gasteiger partial charge in [-0.1, -0.05) is 24.3 Å². The van der Waals surface area contributed by atoms with Crippen LogP contribution in [-0.4, -0.2) is 18.0 Å². The van der Waals surface area contributed by atoms with Crippen molar-refractivity contribution in [3.63, 3.8) is 0 Å². The van der Waals surface area contributed by atoms with E-state index in [0.717, 1.165) is 0 Å². The van der Waals surface area contributed by atoms with Crippen LogP contribution in [0.25, 0.3) is 0 Å². The van der Waals surface area contributed by atoms with Crippen molar-refractivity contribution in [2.45, 2.75) is 12.6 Å². The predicted octanol–water partition coefficient (Wildman–Crippen LogP) is 3.51. The monoisotopic (exact) mass is 340 g/mol. The van der Waals surface area contributed by atoms with Crippen LogP contribution >= 0.6 is 0 Å². The van der Waals surface area contributed by atoms with Crippen LogP contribution in [0, 0.1) is 5.82 Å². The first-order valence-electron chi connectivity index (χ1n) is 6.77. The van der Waals surface area contributed by atoms with Crippen LogP contribution in [0.5, 0.6) is 0 Å². The molecule has 2 rings (SSSR count). The molecule has 24 heavy (non-hydrogen) atoms. The number of alkyl halides is 3. The van der Waals surface area contributed by atoms with Crippen LogP contribution in [0.2, 0.25) is 0 Å². The molecule has 0 atom stereocenters. The van der Waals surface area contributed by atoms with Crippen molar-refractivity contribution in [3.8, 4) is 0 Å². The minimum absolute atomic E-state index is 0.0107. The summed E-state index contributed by atoms with van der Waals surface area (Å²) in [6.45, 7) is 0. The molecule has 0 aliphatic rings. The van der Waals surface area contributed by atoms with Gasteiger partial charge in [0.15, 0.2) is 0 Å². The van der Waals surface area contributed by atoms with Crippen molar-refractivity contribution >= 4 is 23.2 Å². The summed E-state index contributed by atoms with van der Waals surface area (Å²) in [5.41, 5.74) is 0.230. The Bertz CT molecular complexity index is 760. The van der Waals surface area contributed by atoms with E-state index in [9.17, 15) is 27.2 Å². The molecule has 0 aromatic heterocycles. The topological polar surface area (TPSA) is 58.2 Å². The summed E-state index contributed by atoms with van der Waals surface area (Å²) in [5.74, 6) is -3.21. The molecule has 0 radical (unpaired) electrons. The third-order valence-corrected chi connectivity index (χ3v) is 2.96. The summed E-state index contributed by atoms with van der Waals surface area (Å²) in [7, 11) is 0. The number of hydrogen-bond acceptors (Lipinski definition) is 2. The number of carbonyl (C=O) groups is 2. The van der Waals surface area contributed by atoms with Crippen molar-refractivity contribution in [3.05, 3.63) is 59.9 Å². The number of halogens is 4. The van der Waals surface area contributed by atoms with Crippen LogP contribution in [0.3, 0.4) is 0 Å². The van der Waals surface area contributed by atoms with E-state index in [-0.39, 0.29) is 17.8 Å². The largest absolute Gasteiger partial charge is 0.471 e. The van der Waals surface area contributed by atoms with Gasteiger partial charge in [0.1, 0.15) is 5.82 Å². The SMILES string of the molecule is O=C(Cc1cccc(F)c1)Nc1ccccc1NC(=O)C(F)(F)F. The number of amides is 2. The Labute approximate surface area is 134 Å². The zero-order chi connectivity index (χ0) is 17.7. The molecular formula is C16H12F4N2O2. The minimum atomic E-state index is -5.04. The molecule has 0 unspecified atom stereocenters. The molecule has 0 heterocycles. The van der Waals surface area contributed by atoms with Gasteiger partial charge in [-0.15, -0.1) is 0 Å². The van der Waals surface area contributed by atoms with Gasteiger partial charge in [-0.3, -0.25) is 9.59 Å². The number of para-hydroxylation sites is 2. The maximum Gasteiger partial charge on any atom is 0.471 e. The molecule has 0 saturated heterocycles. The first-order chi connectivity index (χ1) is 11.3. The van der Waals surface area contributed by atoms with E-state index in [4.69, 9.17) is 0 Å². The second kappa shape index (κ2) is 7.12. The fourth-order valence-electron chi connectivity index (χ4n) is 1.92. The molecule has 0 aliphatic heterocycles. The van der Waals surface area contributed by atoms with Gasteiger partial charge in [0, 0.05) is 0 Å². The normalized spacial score (nSPS) is 11.0. The maximum absolute atomic E-state index is 13.1. The van der Waals surface area contributed by atoms with E-state index in [2.05, 4.69) is 5.32 Å². The number of nitrogens with one attached hydrogen (secondary N) is 2. The van der Waals surface area contributed by atoms with Gasteiger partial charge < -0.3 is 10.6 Å². The number of benzene rings is 2. The summed E-state index contributed by atoms with van der Waals surface area (Å²) in [4.78, 5) is 23.0. The van der Waals surface area contributed by atoms with E-state index < -0.39 is 23.8 Å². The lowest BCUT2D eigenvalue weighted by atomic mass is 10.1. The Morgan fingerprint density at radius 2 is 1.54 bits per heavy atom. The molecule has 0 spiro atoms. The van der Waals surface area contributed by atoms with Crippen LogP contribution in [0.4, 0.5) is 28.9 Å². The van der Waals surface area contributed by atoms with Crippen molar-refractivity contribution in [1.82, 2.24) is 0 Å². The van der Waals surface area contributed by atoms with Gasteiger partial charge in [0.25, 0.3) is 0 Å². The van der Waals surface area contributed by atoms with E-state index >= 15 is 0 Å². The smallest absolute Gasteiger partial charge is 0.324 e. The van der Waals surface area contributed by atoms with Gasteiger partial charge in [-0.05, 0) is 29.8 Å². The summed E-state index contributed by atoms with van der Waals surface area (Å²) >= 11 is 0. The molecule has 2 aromatic carbocycles. The van der Waals surface area contributed by atoms with E-state index in [0.29, 0.717) is 5.56 Å². The molecule has 0 fully saturated rings. The summed E-state index contributed by atoms with van der Waals surface area (Å²) < 4.78 is 50.0. The highest BCUT2D eigenvalue weighted by Crippen LogP contribution is 2.24. The summed E-state index contributed by atoms with van der Waals surface area (Å²) in [6, 6.07) is 10.8. The molecule has 0 saturated carbocycles. The van der Waals surface area contributed by atoms with E-state index in [1.54, 1.807) is 11.4 Å². The molecule has 4 nitrogen and oxygen atoms in total. The number of anilines is 2. The van der Waals surface area contributed by atoms with Crippen molar-refractivity contribution in [1.29, 1.82) is 0 Å². The molecule has 2 amide bonds. The highest BCUT2D eigenvalue weighted by molar-refractivity contribution is 6.01. The highest BCUT2D eigenvalue weighted by atomic mass is 19.4. The standard InChI is InChI=1S/C16H12F4N2O2/c17-11-5-3-4-10(8-11)9-14(23)21-12-6-1-2-7-13(12)22-15(24)16(18,19)20/h1-8H,9H2,(H,21,23)(H,22,24). The fraction of sp³-hybridized carbons (Fsp3) is 0.125. The average Bonchev–Trinajstić information content (AvgIpc) is 2.48. The first kappa shape index (κ1) is 17.5. The Kier molecular flexibility index (Phi) is 5.18. The van der Waals surface area contributed by atoms with Crippen LogP contribution in [0.15, 0.2) is 48.5 Å². The van der Waals surface area contributed by atoms with Crippen molar-refractivity contribution in [2.24, 2.45) is 0 Å². The van der Waals surface area contributed by atoms with Crippen LogP contribution in [-0.2, 0) is 16.0 Å². The zero-order valence-electron chi connectivity index (χ0n) is 12.2. The van der Waals surface area contributed by atoms with E-state index in [1.807, 2.05) is 0 Å². The first-order valence-corrected chi connectivity index (χ1v) is 6.77. The second-order valence-electron chi connectivity index (χ2n) is 4.85. The Balaban J connectivity index is 2.09. The quantitative estimate of drug-likeness (QED) is 0.837. The van der Waals surface area contributed by atoms with Gasteiger partial charge in [0.2, 0.25) is 5.91 Å².